The highest BCUT2D eigenvalue weighted by Crippen LogP contribution is 2.15. The van der Waals surface area contributed by atoms with Crippen molar-refractivity contribution in [3.8, 4) is 0 Å². The third-order valence-corrected chi connectivity index (χ3v) is 3.64. The van der Waals surface area contributed by atoms with Gasteiger partial charge in [0, 0.05) is 17.8 Å². The fraction of sp³-hybridized carbons (Fsp3) is 0.500. The van der Waals surface area contributed by atoms with Crippen LogP contribution in [-0.2, 0) is 9.59 Å². The molecule has 1 atom stereocenters. The lowest BCUT2D eigenvalue weighted by Gasteiger charge is -2.12. The van der Waals surface area contributed by atoms with Crippen molar-refractivity contribution in [3.05, 3.63) is 24.3 Å². The van der Waals surface area contributed by atoms with Gasteiger partial charge in [0.2, 0.25) is 11.8 Å². The second kappa shape index (κ2) is 11.3. The van der Waals surface area contributed by atoms with Crippen molar-refractivity contribution in [1.82, 2.24) is 0 Å². The molecule has 0 fully saturated rings. The number of halogens is 1. The van der Waals surface area contributed by atoms with Crippen molar-refractivity contribution in [2.24, 2.45) is 11.7 Å². The van der Waals surface area contributed by atoms with Crippen molar-refractivity contribution in [2.45, 2.75) is 32.7 Å². The molecule has 0 heterocycles. The number of anilines is 2. The molecule has 0 aliphatic rings. The van der Waals surface area contributed by atoms with Crippen LogP contribution in [0, 0.1) is 5.92 Å². The number of hydrogen-bond donors (Lipinski definition) is 3. The number of nitrogens with two attached hydrogens (primary N) is 1. The molecule has 0 saturated carbocycles. The Morgan fingerprint density at radius 3 is 2.13 bits per heavy atom. The van der Waals surface area contributed by atoms with E-state index in [2.05, 4.69) is 10.6 Å². The highest BCUT2D eigenvalue weighted by atomic mass is 35.5. The predicted octanol–water partition coefficient (Wildman–Crippen LogP) is 3.11. The van der Waals surface area contributed by atoms with Crippen molar-refractivity contribution in [3.63, 3.8) is 0 Å². The second-order valence-electron chi connectivity index (χ2n) is 5.60. The smallest absolute Gasteiger partial charge is 0.241 e. The number of benzene rings is 1. The van der Waals surface area contributed by atoms with Gasteiger partial charge in [0.05, 0.1) is 6.04 Å². The van der Waals surface area contributed by atoms with E-state index in [-0.39, 0.29) is 24.2 Å². The predicted molar refractivity (Wildman–Crippen MR) is 101 cm³/mol. The molecule has 0 aliphatic carbocycles. The average molecular weight is 360 g/mol. The van der Waals surface area contributed by atoms with Crippen molar-refractivity contribution in [2.75, 3.05) is 22.6 Å². The summed E-state index contributed by atoms with van der Waals surface area (Å²) in [6.07, 6.45) is 3.12. The van der Waals surface area contributed by atoms with Gasteiger partial charge in [-0.05, 0) is 48.6 Å². The summed E-state index contributed by atoms with van der Waals surface area (Å²) >= 11 is 1.67. The highest BCUT2D eigenvalue weighted by molar-refractivity contribution is 7.98. The van der Waals surface area contributed by atoms with Gasteiger partial charge in [-0.3, -0.25) is 9.59 Å². The molecule has 0 aromatic heterocycles. The molecule has 1 aromatic rings. The zero-order chi connectivity index (χ0) is 16.5. The maximum absolute atomic E-state index is 11.9. The molecule has 1 rings (SSSR count). The number of thioether (sulfide) groups is 1. The molecule has 0 aliphatic heterocycles. The van der Waals surface area contributed by atoms with Gasteiger partial charge in [-0.25, -0.2) is 0 Å². The first-order chi connectivity index (χ1) is 10.4. The number of nitrogens with one attached hydrogen (secondary N) is 2. The van der Waals surface area contributed by atoms with E-state index in [9.17, 15) is 9.59 Å². The van der Waals surface area contributed by atoms with Crippen LogP contribution >= 0.6 is 24.2 Å². The Morgan fingerprint density at radius 1 is 1.13 bits per heavy atom. The van der Waals surface area contributed by atoms with Crippen molar-refractivity contribution < 1.29 is 9.59 Å². The van der Waals surface area contributed by atoms with Crippen LogP contribution in [0.1, 0.15) is 26.7 Å². The molecule has 2 amide bonds. The molecule has 5 nitrogen and oxygen atoms in total. The first kappa shape index (κ1) is 21.8. The minimum Gasteiger partial charge on any atom is -0.326 e. The molecule has 0 bridgehead atoms. The molecule has 0 saturated heterocycles. The SMILES string of the molecule is CSCC[C@H](N)C(=O)Nc1ccc(NC(=O)CC(C)C)cc1.Cl. The third kappa shape index (κ3) is 8.83. The van der Waals surface area contributed by atoms with Crippen LogP contribution in [0.4, 0.5) is 11.4 Å². The van der Waals surface area contributed by atoms with Gasteiger partial charge in [-0.1, -0.05) is 13.8 Å². The van der Waals surface area contributed by atoms with Crippen LogP contribution in [-0.4, -0.2) is 29.9 Å². The Bertz CT molecular complexity index is 495. The van der Waals surface area contributed by atoms with Crippen LogP contribution < -0.4 is 16.4 Å². The summed E-state index contributed by atoms with van der Waals surface area (Å²) in [6, 6.07) is 6.54. The monoisotopic (exact) mass is 359 g/mol. The van der Waals surface area contributed by atoms with Gasteiger partial charge < -0.3 is 16.4 Å². The van der Waals surface area contributed by atoms with E-state index in [4.69, 9.17) is 5.73 Å². The molecular weight excluding hydrogens is 334 g/mol. The molecule has 4 N–H and O–H groups in total. The summed E-state index contributed by atoms with van der Waals surface area (Å²) in [6.45, 7) is 4.00. The first-order valence-electron chi connectivity index (χ1n) is 7.37. The number of hydrogen-bond acceptors (Lipinski definition) is 4. The quantitative estimate of drug-likeness (QED) is 0.665. The molecule has 0 unspecified atom stereocenters. The van der Waals surface area contributed by atoms with E-state index >= 15 is 0 Å². The Labute approximate surface area is 148 Å². The van der Waals surface area contributed by atoms with Crippen molar-refractivity contribution in [1.29, 1.82) is 0 Å². The Morgan fingerprint density at radius 2 is 1.65 bits per heavy atom. The van der Waals surface area contributed by atoms with Crippen LogP contribution in [0.5, 0.6) is 0 Å². The Kier molecular flexibility index (Phi) is 10.7. The summed E-state index contributed by atoms with van der Waals surface area (Å²) in [7, 11) is 0. The van der Waals surface area contributed by atoms with Crippen LogP contribution in [0.25, 0.3) is 0 Å². The van der Waals surface area contributed by atoms with Crippen molar-refractivity contribution >= 4 is 47.4 Å². The molecule has 0 spiro atoms. The molecule has 7 heteroatoms. The second-order valence-corrected chi connectivity index (χ2v) is 6.59. The summed E-state index contributed by atoms with van der Waals surface area (Å²) < 4.78 is 0. The molecule has 0 radical (unpaired) electrons. The third-order valence-electron chi connectivity index (χ3n) is 3.00. The molecule has 130 valence electrons. The van der Waals surface area contributed by atoms with Crippen LogP contribution in [0.2, 0.25) is 0 Å². The lowest BCUT2D eigenvalue weighted by molar-refractivity contribution is -0.118. The Balaban J connectivity index is 0.00000484. The highest BCUT2D eigenvalue weighted by Gasteiger charge is 2.13. The minimum absolute atomic E-state index is 0. The van der Waals surface area contributed by atoms with Gasteiger partial charge in [0.15, 0.2) is 0 Å². The maximum Gasteiger partial charge on any atom is 0.241 e. The summed E-state index contributed by atoms with van der Waals surface area (Å²) in [4.78, 5) is 23.6. The van der Waals surface area contributed by atoms with E-state index in [0.29, 0.717) is 24.4 Å². The van der Waals surface area contributed by atoms with Gasteiger partial charge >= 0.3 is 0 Å². The largest absolute Gasteiger partial charge is 0.326 e. The van der Waals surface area contributed by atoms with Gasteiger partial charge in [0.1, 0.15) is 0 Å². The zero-order valence-electron chi connectivity index (χ0n) is 13.8. The van der Waals surface area contributed by atoms with Crippen LogP contribution in [0.15, 0.2) is 24.3 Å². The summed E-state index contributed by atoms with van der Waals surface area (Å²) in [5.41, 5.74) is 7.20. The van der Waals surface area contributed by atoms with E-state index < -0.39 is 6.04 Å². The maximum atomic E-state index is 11.9. The zero-order valence-corrected chi connectivity index (χ0v) is 15.4. The van der Waals surface area contributed by atoms with E-state index in [1.54, 1.807) is 36.0 Å². The molecular formula is C16H26ClN3O2S. The normalized spacial score (nSPS) is 11.5. The average Bonchev–Trinajstić information content (AvgIpc) is 2.45. The number of carbonyl (C=O) groups is 2. The van der Waals surface area contributed by atoms with E-state index in [1.807, 2.05) is 20.1 Å². The lowest BCUT2D eigenvalue weighted by Crippen LogP contribution is -2.36. The lowest BCUT2D eigenvalue weighted by atomic mass is 10.1. The Hall–Kier alpha value is -1.24. The molecule has 23 heavy (non-hydrogen) atoms. The fourth-order valence-electron chi connectivity index (χ4n) is 1.83. The van der Waals surface area contributed by atoms with Gasteiger partial charge in [-0.15, -0.1) is 12.4 Å². The number of amides is 2. The number of carbonyl (C=O) groups excluding carboxylic acids is 2. The summed E-state index contributed by atoms with van der Waals surface area (Å²) in [5.74, 6) is 0.980. The fourth-order valence-corrected chi connectivity index (χ4v) is 2.32. The van der Waals surface area contributed by atoms with Gasteiger partial charge in [-0.2, -0.15) is 11.8 Å². The standard InChI is InChI=1S/C16H25N3O2S.ClH/c1-11(2)10-15(20)18-12-4-6-13(7-5-12)19-16(21)14(17)8-9-22-3;/h4-7,11,14H,8-10,17H2,1-3H3,(H,18,20)(H,19,21);1H/t14-;/m0./s1. The van der Waals surface area contributed by atoms with Gasteiger partial charge in [0.25, 0.3) is 0 Å². The van der Waals surface area contributed by atoms with E-state index in [1.165, 1.54) is 0 Å². The minimum atomic E-state index is -0.502. The number of rotatable bonds is 8. The molecule has 1 aromatic carbocycles. The van der Waals surface area contributed by atoms with Crippen LogP contribution in [0.3, 0.4) is 0 Å². The summed E-state index contributed by atoms with van der Waals surface area (Å²) in [5, 5.41) is 5.60. The first-order valence-corrected chi connectivity index (χ1v) is 8.77. The van der Waals surface area contributed by atoms with E-state index in [0.717, 1.165) is 11.4 Å². The topological polar surface area (TPSA) is 84.2 Å².